The lowest BCUT2D eigenvalue weighted by Gasteiger charge is -2.33. The van der Waals surface area contributed by atoms with Crippen LogP contribution in [0, 0.1) is 0 Å². The van der Waals surface area contributed by atoms with Crippen LogP contribution in [0.25, 0.3) is 0 Å². The monoisotopic (exact) mass is 303 g/mol. The van der Waals surface area contributed by atoms with E-state index in [2.05, 4.69) is 5.32 Å². The summed E-state index contributed by atoms with van der Waals surface area (Å²) in [5.41, 5.74) is -5.90. The van der Waals surface area contributed by atoms with Crippen LogP contribution in [0.15, 0.2) is 0 Å². The summed E-state index contributed by atoms with van der Waals surface area (Å²) in [4.78, 5) is 22.5. The molecule has 0 aromatic heterocycles. The summed E-state index contributed by atoms with van der Waals surface area (Å²) in [7, 11) is 0. The van der Waals surface area contributed by atoms with Gasteiger partial charge in [-0.05, 0) is 36.1 Å². The maximum Gasteiger partial charge on any atom is 0.442 e. The molecule has 0 radical (unpaired) electrons. The molecule has 1 aliphatic heterocycles. The molecule has 0 unspecified atom stereocenters. The van der Waals surface area contributed by atoms with Gasteiger partial charge in [-0.3, -0.25) is 4.79 Å². The van der Waals surface area contributed by atoms with Crippen molar-refractivity contribution in [3.8, 4) is 0 Å². The van der Waals surface area contributed by atoms with Gasteiger partial charge in [0, 0.05) is 0 Å². The van der Waals surface area contributed by atoms with Crippen LogP contribution >= 0.6 is 23.5 Å². The van der Waals surface area contributed by atoms with Gasteiger partial charge >= 0.3 is 11.5 Å². The number of carboxylic acids is 1. The fourth-order valence-corrected chi connectivity index (χ4v) is 3.12. The number of nitrogens with one attached hydrogen (secondary N) is 1. The highest BCUT2D eigenvalue weighted by Crippen LogP contribution is 2.31. The summed E-state index contributed by atoms with van der Waals surface area (Å²) in [5.74, 6) is -1.76. The van der Waals surface area contributed by atoms with Crippen molar-refractivity contribution in [2.75, 3.05) is 17.3 Å². The number of carbonyl (C=O) groups is 2. The lowest BCUT2D eigenvalue weighted by molar-refractivity contribution is -0.147. The normalized spacial score (nSPS) is 19.3. The van der Waals surface area contributed by atoms with E-state index in [9.17, 15) is 22.8 Å². The number of hydrogen-bond donors (Lipinski definition) is 2. The van der Waals surface area contributed by atoms with Gasteiger partial charge in [-0.2, -0.15) is 24.9 Å². The summed E-state index contributed by atoms with van der Waals surface area (Å²) in [6.07, 6.45) is 0.463. The molecular formula is C9H12F3NO3S2. The molecular weight excluding hydrogens is 291 g/mol. The molecule has 0 atom stereocenters. The van der Waals surface area contributed by atoms with Crippen LogP contribution in [-0.4, -0.2) is 45.3 Å². The second kappa shape index (κ2) is 6.05. The predicted octanol–water partition coefficient (Wildman–Crippen LogP) is 1.71. The van der Waals surface area contributed by atoms with Crippen molar-refractivity contribution >= 4 is 35.4 Å². The second-order valence-electron chi connectivity index (χ2n) is 3.78. The first kappa shape index (κ1) is 15.5. The molecule has 1 heterocycles. The van der Waals surface area contributed by atoms with Gasteiger partial charge in [0.1, 0.15) is 5.54 Å². The smallest absolute Gasteiger partial charge is 0.442 e. The van der Waals surface area contributed by atoms with Gasteiger partial charge in [0.25, 0.3) is 0 Å². The average molecular weight is 303 g/mol. The molecule has 1 rings (SSSR count). The number of aliphatic carboxylic acids is 1. The van der Waals surface area contributed by atoms with Crippen LogP contribution in [0.1, 0.15) is 12.8 Å². The molecule has 1 amide bonds. The lowest BCUT2D eigenvalue weighted by Crippen LogP contribution is -2.57. The Labute approximate surface area is 110 Å². The summed E-state index contributed by atoms with van der Waals surface area (Å²) in [6.45, 7) is 0. The number of hydrogen-bond acceptors (Lipinski definition) is 4. The van der Waals surface area contributed by atoms with E-state index in [1.54, 1.807) is 11.8 Å². The molecule has 2 N–H and O–H groups in total. The number of amides is 1. The number of carbonyl (C=O) groups excluding carboxylic acids is 1. The summed E-state index contributed by atoms with van der Waals surface area (Å²) in [5, 5.41) is 11.3. The Bertz CT molecular complexity index is 330. The number of thioether (sulfide) groups is 2. The highest BCUT2D eigenvalue weighted by atomic mass is 32.2. The minimum Gasteiger partial charge on any atom is -0.480 e. The van der Waals surface area contributed by atoms with Crippen molar-refractivity contribution in [1.82, 2.24) is 5.32 Å². The Morgan fingerprint density at radius 2 is 1.89 bits per heavy atom. The molecule has 0 spiro atoms. The highest BCUT2D eigenvalue weighted by Gasteiger charge is 2.41. The third-order valence-electron chi connectivity index (χ3n) is 2.50. The van der Waals surface area contributed by atoms with Crippen molar-refractivity contribution < 1.29 is 27.9 Å². The predicted molar refractivity (Wildman–Crippen MR) is 63.6 cm³/mol. The van der Waals surface area contributed by atoms with Crippen molar-refractivity contribution in [3.05, 3.63) is 0 Å². The van der Waals surface area contributed by atoms with Crippen molar-refractivity contribution in [3.63, 3.8) is 0 Å². The quantitative estimate of drug-likeness (QED) is 0.827. The zero-order valence-electron chi connectivity index (χ0n) is 9.25. The van der Waals surface area contributed by atoms with Gasteiger partial charge < -0.3 is 10.4 Å². The maximum atomic E-state index is 11.9. The van der Waals surface area contributed by atoms with E-state index in [0.717, 1.165) is 0 Å². The molecule has 0 aromatic rings. The molecule has 9 heteroatoms. The molecule has 4 nitrogen and oxygen atoms in total. The van der Waals surface area contributed by atoms with Gasteiger partial charge in [-0.15, -0.1) is 0 Å². The van der Waals surface area contributed by atoms with Gasteiger partial charge in [0.05, 0.1) is 5.75 Å². The molecule has 0 aliphatic carbocycles. The summed E-state index contributed by atoms with van der Waals surface area (Å²) in [6, 6.07) is 0. The van der Waals surface area contributed by atoms with Crippen LogP contribution in [-0.2, 0) is 9.59 Å². The Kier molecular flexibility index (Phi) is 5.20. The highest BCUT2D eigenvalue weighted by molar-refractivity contribution is 8.00. The van der Waals surface area contributed by atoms with Crippen molar-refractivity contribution in [1.29, 1.82) is 0 Å². The van der Waals surface area contributed by atoms with Gasteiger partial charge in [0.15, 0.2) is 0 Å². The Hall–Kier alpha value is -0.570. The second-order valence-corrected chi connectivity index (χ2v) is 6.05. The third kappa shape index (κ3) is 4.60. The van der Waals surface area contributed by atoms with E-state index in [1.165, 1.54) is 0 Å². The first-order chi connectivity index (χ1) is 8.25. The first-order valence-corrected chi connectivity index (χ1v) is 7.22. The van der Waals surface area contributed by atoms with E-state index in [-0.39, 0.29) is 12.8 Å². The first-order valence-electron chi connectivity index (χ1n) is 5.08. The Morgan fingerprint density at radius 1 is 1.33 bits per heavy atom. The van der Waals surface area contributed by atoms with Crippen LogP contribution in [0.5, 0.6) is 0 Å². The van der Waals surface area contributed by atoms with E-state index in [0.29, 0.717) is 11.5 Å². The maximum absolute atomic E-state index is 11.9. The van der Waals surface area contributed by atoms with Crippen LogP contribution in [0.2, 0.25) is 0 Å². The van der Waals surface area contributed by atoms with Gasteiger partial charge in [-0.25, -0.2) is 4.79 Å². The average Bonchev–Trinajstić information content (AvgIpc) is 2.26. The molecule has 0 aromatic carbocycles. The summed E-state index contributed by atoms with van der Waals surface area (Å²) < 4.78 is 35.7. The van der Waals surface area contributed by atoms with E-state index < -0.39 is 40.4 Å². The SMILES string of the molecule is O=C(CSC(F)(F)F)NC1(C(=O)O)CCSCC1. The third-order valence-corrected chi connectivity index (χ3v) is 4.22. The Morgan fingerprint density at radius 3 is 2.33 bits per heavy atom. The fraction of sp³-hybridized carbons (Fsp3) is 0.778. The molecule has 1 aliphatic rings. The number of carboxylic acid groups (broad SMARTS) is 1. The van der Waals surface area contributed by atoms with Gasteiger partial charge in [-0.1, -0.05) is 0 Å². The molecule has 104 valence electrons. The van der Waals surface area contributed by atoms with Gasteiger partial charge in [0.2, 0.25) is 5.91 Å². The minimum atomic E-state index is -4.49. The van der Waals surface area contributed by atoms with Crippen LogP contribution < -0.4 is 5.32 Å². The van der Waals surface area contributed by atoms with Crippen LogP contribution in [0.4, 0.5) is 13.2 Å². The standard InChI is InChI=1S/C9H12F3NO3S2/c10-9(11,12)18-5-6(14)13-8(7(15)16)1-3-17-4-2-8/h1-5H2,(H,13,14)(H,15,16). The molecule has 18 heavy (non-hydrogen) atoms. The zero-order valence-corrected chi connectivity index (χ0v) is 10.9. The topological polar surface area (TPSA) is 66.4 Å². The lowest BCUT2D eigenvalue weighted by atomic mass is 9.92. The van der Waals surface area contributed by atoms with Crippen LogP contribution in [0.3, 0.4) is 0 Å². The Balaban J connectivity index is 2.56. The molecule has 0 bridgehead atoms. The van der Waals surface area contributed by atoms with E-state index in [1.807, 2.05) is 0 Å². The number of alkyl halides is 3. The molecule has 1 fully saturated rings. The van der Waals surface area contributed by atoms with Crippen molar-refractivity contribution in [2.24, 2.45) is 0 Å². The molecule has 1 saturated heterocycles. The van der Waals surface area contributed by atoms with E-state index in [4.69, 9.17) is 5.11 Å². The minimum absolute atomic E-state index is 0.232. The van der Waals surface area contributed by atoms with E-state index >= 15 is 0 Å². The number of rotatable bonds is 4. The number of halogens is 3. The summed E-state index contributed by atoms with van der Waals surface area (Å²) >= 11 is 1.09. The fourth-order valence-electron chi connectivity index (χ4n) is 1.56. The zero-order chi connectivity index (χ0) is 13.8. The van der Waals surface area contributed by atoms with Crippen molar-refractivity contribution in [2.45, 2.75) is 23.9 Å². The molecule has 0 saturated carbocycles. The largest absolute Gasteiger partial charge is 0.480 e.